The highest BCUT2D eigenvalue weighted by molar-refractivity contribution is 7.80. The molecule has 120 valence electrons. The van der Waals surface area contributed by atoms with Gasteiger partial charge in [-0.2, -0.15) is 5.10 Å². The van der Waals surface area contributed by atoms with E-state index in [1.807, 2.05) is 30.3 Å². The lowest BCUT2D eigenvalue weighted by atomic mass is 10.2. The molecule has 6 nitrogen and oxygen atoms in total. The predicted molar refractivity (Wildman–Crippen MR) is 94.6 cm³/mol. The summed E-state index contributed by atoms with van der Waals surface area (Å²) in [6, 6.07) is 12.5. The Morgan fingerprint density at radius 1 is 1.13 bits per heavy atom. The van der Waals surface area contributed by atoms with Crippen molar-refractivity contribution in [3.63, 3.8) is 0 Å². The van der Waals surface area contributed by atoms with Gasteiger partial charge in [-0.05, 0) is 24.4 Å². The first-order chi connectivity index (χ1) is 11.1. The van der Waals surface area contributed by atoms with Crippen molar-refractivity contribution >= 4 is 29.2 Å². The number of phenolic OH excluding ortho intramolecular Hbond substituents is 1. The van der Waals surface area contributed by atoms with Gasteiger partial charge in [-0.25, -0.2) is 0 Å². The molecule has 0 amide bonds. The molecule has 0 aliphatic rings. The SMILES string of the molecule is COc1cc(O)cc(OC)c1/C=N/NC(=S)Nc1ccccc1. The number of thiocarbonyl (C=S) groups is 1. The summed E-state index contributed by atoms with van der Waals surface area (Å²) in [6.45, 7) is 0. The van der Waals surface area contributed by atoms with Gasteiger partial charge in [0.05, 0.1) is 26.0 Å². The van der Waals surface area contributed by atoms with Crippen molar-refractivity contribution < 1.29 is 14.6 Å². The molecule has 0 radical (unpaired) electrons. The number of para-hydroxylation sites is 1. The third-order valence-electron chi connectivity index (χ3n) is 2.92. The summed E-state index contributed by atoms with van der Waals surface area (Å²) in [5.41, 5.74) is 4.16. The van der Waals surface area contributed by atoms with E-state index in [2.05, 4.69) is 15.8 Å². The number of benzene rings is 2. The van der Waals surface area contributed by atoms with Gasteiger partial charge in [-0.1, -0.05) is 18.2 Å². The summed E-state index contributed by atoms with van der Waals surface area (Å²) < 4.78 is 10.4. The van der Waals surface area contributed by atoms with Crippen LogP contribution in [0.4, 0.5) is 5.69 Å². The summed E-state index contributed by atoms with van der Waals surface area (Å²) >= 11 is 5.16. The highest BCUT2D eigenvalue weighted by atomic mass is 32.1. The van der Waals surface area contributed by atoms with E-state index >= 15 is 0 Å². The van der Waals surface area contributed by atoms with Crippen molar-refractivity contribution in [2.75, 3.05) is 19.5 Å². The quantitative estimate of drug-likeness (QED) is 0.444. The van der Waals surface area contributed by atoms with Crippen LogP contribution in [0.5, 0.6) is 17.2 Å². The molecule has 0 fully saturated rings. The molecule has 0 aliphatic carbocycles. The van der Waals surface area contributed by atoms with Gasteiger partial charge in [0.15, 0.2) is 5.11 Å². The van der Waals surface area contributed by atoms with Crippen molar-refractivity contribution in [1.82, 2.24) is 5.43 Å². The summed E-state index contributed by atoms with van der Waals surface area (Å²) in [6.07, 6.45) is 1.51. The highest BCUT2D eigenvalue weighted by Crippen LogP contribution is 2.31. The van der Waals surface area contributed by atoms with Gasteiger partial charge < -0.3 is 19.9 Å². The second-order valence-electron chi connectivity index (χ2n) is 4.45. The lowest BCUT2D eigenvalue weighted by Crippen LogP contribution is -2.23. The predicted octanol–water partition coefficient (Wildman–Crippen LogP) is 2.73. The largest absolute Gasteiger partial charge is 0.508 e. The molecule has 7 heteroatoms. The molecule has 0 heterocycles. The Morgan fingerprint density at radius 3 is 2.30 bits per heavy atom. The van der Waals surface area contributed by atoms with Crippen LogP contribution in [0.15, 0.2) is 47.6 Å². The maximum atomic E-state index is 9.61. The minimum atomic E-state index is 0.0464. The zero-order valence-corrected chi connectivity index (χ0v) is 13.6. The molecule has 0 spiro atoms. The zero-order chi connectivity index (χ0) is 16.7. The molecule has 0 aliphatic heterocycles. The highest BCUT2D eigenvalue weighted by Gasteiger charge is 2.10. The van der Waals surface area contributed by atoms with Crippen LogP contribution < -0.4 is 20.2 Å². The minimum Gasteiger partial charge on any atom is -0.508 e. The van der Waals surface area contributed by atoms with E-state index in [9.17, 15) is 5.11 Å². The maximum absolute atomic E-state index is 9.61. The van der Waals surface area contributed by atoms with Crippen molar-refractivity contribution in [3.05, 3.63) is 48.0 Å². The lowest BCUT2D eigenvalue weighted by molar-refractivity contribution is 0.384. The van der Waals surface area contributed by atoms with Crippen LogP contribution in [0, 0.1) is 0 Å². The fourth-order valence-corrected chi connectivity index (χ4v) is 2.06. The summed E-state index contributed by atoms with van der Waals surface area (Å²) in [5, 5.41) is 17.0. The molecule has 2 aromatic rings. The number of hydrogen-bond acceptors (Lipinski definition) is 5. The molecular formula is C16H17N3O3S. The number of aromatic hydroxyl groups is 1. The Hall–Kier alpha value is -2.80. The van der Waals surface area contributed by atoms with E-state index in [4.69, 9.17) is 21.7 Å². The van der Waals surface area contributed by atoms with E-state index in [-0.39, 0.29) is 5.75 Å². The number of ether oxygens (including phenoxy) is 2. The molecule has 0 bridgehead atoms. The standard InChI is InChI=1S/C16H17N3O3S/c1-21-14-8-12(20)9-15(22-2)13(14)10-17-19-16(23)18-11-6-4-3-5-7-11/h3-10,20H,1-2H3,(H2,18,19,23)/b17-10+. The van der Waals surface area contributed by atoms with Crippen molar-refractivity contribution in [2.24, 2.45) is 5.10 Å². The van der Waals surface area contributed by atoms with Gasteiger partial charge in [-0.15, -0.1) is 0 Å². The fraction of sp³-hybridized carbons (Fsp3) is 0.125. The first-order valence-electron chi connectivity index (χ1n) is 6.74. The number of nitrogens with zero attached hydrogens (tertiary/aromatic N) is 1. The summed E-state index contributed by atoms with van der Waals surface area (Å²) in [4.78, 5) is 0. The smallest absolute Gasteiger partial charge is 0.191 e. The monoisotopic (exact) mass is 331 g/mol. The van der Waals surface area contributed by atoms with E-state index in [0.717, 1.165) is 5.69 Å². The number of methoxy groups -OCH3 is 2. The normalized spacial score (nSPS) is 10.3. The van der Waals surface area contributed by atoms with Crippen LogP contribution in [0.25, 0.3) is 0 Å². The van der Waals surface area contributed by atoms with Crippen LogP contribution in [0.2, 0.25) is 0 Å². The van der Waals surface area contributed by atoms with Crippen LogP contribution in [-0.2, 0) is 0 Å². The van der Waals surface area contributed by atoms with Crippen molar-refractivity contribution in [2.45, 2.75) is 0 Å². The number of anilines is 1. The summed E-state index contributed by atoms with van der Waals surface area (Å²) in [5.74, 6) is 0.925. The Labute approximate surface area is 139 Å². The van der Waals surface area contributed by atoms with Gasteiger partial charge in [0.1, 0.15) is 17.2 Å². The average molecular weight is 331 g/mol. The lowest BCUT2D eigenvalue weighted by Gasteiger charge is -2.11. The summed E-state index contributed by atoms with van der Waals surface area (Å²) in [7, 11) is 3.00. The van der Waals surface area contributed by atoms with Gasteiger partial charge >= 0.3 is 0 Å². The number of hydrogen-bond donors (Lipinski definition) is 3. The number of nitrogens with one attached hydrogen (secondary N) is 2. The van der Waals surface area contributed by atoms with Crippen LogP contribution in [-0.4, -0.2) is 30.7 Å². The second kappa shape index (κ2) is 8.00. The first kappa shape index (κ1) is 16.6. The molecule has 2 rings (SSSR count). The van der Waals surface area contributed by atoms with Crippen molar-refractivity contribution in [3.8, 4) is 17.2 Å². The van der Waals surface area contributed by atoms with Crippen LogP contribution in [0.1, 0.15) is 5.56 Å². The van der Waals surface area contributed by atoms with E-state index < -0.39 is 0 Å². The Morgan fingerprint density at radius 2 is 1.74 bits per heavy atom. The minimum absolute atomic E-state index is 0.0464. The van der Waals surface area contributed by atoms with E-state index in [1.165, 1.54) is 32.6 Å². The Kier molecular flexibility index (Phi) is 5.76. The van der Waals surface area contributed by atoms with Gasteiger partial charge in [0, 0.05) is 17.8 Å². The van der Waals surface area contributed by atoms with Crippen LogP contribution >= 0.6 is 12.2 Å². The molecule has 23 heavy (non-hydrogen) atoms. The Balaban J connectivity index is 2.07. The molecular weight excluding hydrogens is 314 g/mol. The molecule has 0 aromatic heterocycles. The first-order valence-corrected chi connectivity index (χ1v) is 7.15. The number of hydrazone groups is 1. The number of rotatable bonds is 5. The van der Waals surface area contributed by atoms with Crippen molar-refractivity contribution in [1.29, 1.82) is 0 Å². The molecule has 0 atom stereocenters. The average Bonchev–Trinajstić information content (AvgIpc) is 2.56. The molecule has 2 aromatic carbocycles. The number of phenols is 1. The van der Waals surface area contributed by atoms with Crippen LogP contribution in [0.3, 0.4) is 0 Å². The third-order valence-corrected chi connectivity index (χ3v) is 3.11. The molecule has 3 N–H and O–H groups in total. The van der Waals surface area contributed by atoms with E-state index in [0.29, 0.717) is 22.2 Å². The maximum Gasteiger partial charge on any atom is 0.191 e. The zero-order valence-electron chi connectivity index (χ0n) is 12.7. The van der Waals surface area contributed by atoms with E-state index in [1.54, 1.807) is 0 Å². The molecule has 0 unspecified atom stereocenters. The van der Waals surface area contributed by atoms with Gasteiger partial charge in [0.25, 0.3) is 0 Å². The van der Waals surface area contributed by atoms with Gasteiger partial charge in [-0.3, -0.25) is 5.43 Å². The fourth-order valence-electron chi connectivity index (χ4n) is 1.89. The Bertz CT molecular complexity index is 680. The second-order valence-corrected chi connectivity index (χ2v) is 4.86. The molecule has 0 saturated carbocycles. The molecule has 0 saturated heterocycles. The van der Waals surface area contributed by atoms with Gasteiger partial charge in [0.2, 0.25) is 0 Å². The topological polar surface area (TPSA) is 75.1 Å². The third kappa shape index (κ3) is 4.58.